The van der Waals surface area contributed by atoms with Gasteiger partial charge in [0.15, 0.2) is 0 Å². The highest BCUT2D eigenvalue weighted by molar-refractivity contribution is 5.42. The first-order valence-electron chi connectivity index (χ1n) is 7.73. The minimum absolute atomic E-state index is 0.956. The van der Waals surface area contributed by atoms with E-state index in [0.717, 1.165) is 31.9 Å². The van der Waals surface area contributed by atoms with Crippen LogP contribution in [0.1, 0.15) is 50.3 Å². The average molecular weight is 261 g/mol. The lowest BCUT2D eigenvalue weighted by atomic mass is 10.2. The van der Waals surface area contributed by atoms with Gasteiger partial charge in [0.1, 0.15) is 5.82 Å². The molecule has 1 aromatic rings. The molecule has 1 aliphatic rings. The van der Waals surface area contributed by atoms with Crippen LogP contribution in [-0.2, 0) is 6.54 Å². The van der Waals surface area contributed by atoms with E-state index >= 15 is 0 Å². The van der Waals surface area contributed by atoms with Crippen molar-refractivity contribution < 1.29 is 0 Å². The van der Waals surface area contributed by atoms with Crippen molar-refractivity contribution in [3.63, 3.8) is 0 Å². The molecule has 0 aromatic carbocycles. The predicted molar refractivity (Wildman–Crippen MR) is 81.7 cm³/mol. The summed E-state index contributed by atoms with van der Waals surface area (Å²) < 4.78 is 0. The fraction of sp³-hybridized carbons (Fsp3) is 0.688. The number of aromatic nitrogens is 1. The first kappa shape index (κ1) is 14.3. The molecular weight excluding hydrogens is 234 g/mol. The Bertz CT molecular complexity index is 382. The zero-order chi connectivity index (χ0) is 13.5. The van der Waals surface area contributed by atoms with Crippen LogP contribution in [0.2, 0.25) is 0 Å². The Morgan fingerprint density at radius 3 is 2.58 bits per heavy atom. The summed E-state index contributed by atoms with van der Waals surface area (Å²) in [5.41, 5.74) is 2.50. The predicted octanol–water partition coefficient (Wildman–Crippen LogP) is 3.27. The Morgan fingerprint density at radius 2 is 1.89 bits per heavy atom. The maximum Gasteiger partial charge on any atom is 0.129 e. The van der Waals surface area contributed by atoms with Gasteiger partial charge in [0.2, 0.25) is 0 Å². The van der Waals surface area contributed by atoms with Crippen LogP contribution in [-0.4, -0.2) is 24.6 Å². The van der Waals surface area contributed by atoms with Gasteiger partial charge in [-0.15, -0.1) is 0 Å². The third kappa shape index (κ3) is 4.50. The van der Waals surface area contributed by atoms with Gasteiger partial charge < -0.3 is 10.2 Å². The Balaban J connectivity index is 2.06. The lowest BCUT2D eigenvalue weighted by Crippen LogP contribution is -2.25. The first-order valence-corrected chi connectivity index (χ1v) is 7.73. The van der Waals surface area contributed by atoms with Crippen molar-refractivity contribution in [3.8, 4) is 0 Å². The van der Waals surface area contributed by atoms with Crippen LogP contribution in [0.3, 0.4) is 0 Å². The molecule has 0 unspecified atom stereocenters. The molecule has 3 nitrogen and oxygen atoms in total. The molecule has 2 heterocycles. The van der Waals surface area contributed by atoms with Gasteiger partial charge in [-0.2, -0.15) is 0 Å². The van der Waals surface area contributed by atoms with Crippen molar-refractivity contribution in [2.75, 3.05) is 24.5 Å². The molecule has 1 fully saturated rings. The second-order valence-corrected chi connectivity index (χ2v) is 5.55. The third-order valence-electron chi connectivity index (χ3n) is 3.69. The quantitative estimate of drug-likeness (QED) is 0.825. The van der Waals surface area contributed by atoms with E-state index in [1.807, 2.05) is 0 Å². The van der Waals surface area contributed by atoms with Crippen molar-refractivity contribution in [3.05, 3.63) is 23.4 Å². The Hall–Kier alpha value is -1.09. The second-order valence-electron chi connectivity index (χ2n) is 5.55. The zero-order valence-corrected chi connectivity index (χ0v) is 12.4. The van der Waals surface area contributed by atoms with Gasteiger partial charge >= 0.3 is 0 Å². The molecule has 0 radical (unpaired) electrons. The van der Waals surface area contributed by atoms with Gasteiger partial charge in [-0.3, -0.25) is 0 Å². The molecule has 1 aromatic heterocycles. The summed E-state index contributed by atoms with van der Waals surface area (Å²) in [5, 5.41) is 3.47. The molecule has 0 spiro atoms. The van der Waals surface area contributed by atoms with Crippen molar-refractivity contribution >= 4 is 5.82 Å². The normalized spacial score (nSPS) is 16.4. The van der Waals surface area contributed by atoms with E-state index in [1.54, 1.807) is 0 Å². The molecule has 2 rings (SSSR count). The summed E-state index contributed by atoms with van der Waals surface area (Å²) >= 11 is 0. The smallest absolute Gasteiger partial charge is 0.129 e. The maximum absolute atomic E-state index is 4.73. The summed E-state index contributed by atoms with van der Waals surface area (Å²) in [6.45, 7) is 8.67. The number of pyridine rings is 1. The molecule has 3 heteroatoms. The summed E-state index contributed by atoms with van der Waals surface area (Å²) in [4.78, 5) is 7.19. The minimum Gasteiger partial charge on any atom is -0.357 e. The molecule has 1 aliphatic heterocycles. The van der Waals surface area contributed by atoms with Crippen LogP contribution in [0, 0.1) is 6.92 Å². The van der Waals surface area contributed by atoms with Crippen LogP contribution in [0.5, 0.6) is 0 Å². The molecule has 106 valence electrons. The number of nitrogens with one attached hydrogen (secondary N) is 1. The number of hydrogen-bond donors (Lipinski definition) is 1. The molecule has 19 heavy (non-hydrogen) atoms. The van der Waals surface area contributed by atoms with Gasteiger partial charge in [-0.05, 0) is 50.4 Å². The number of hydrogen-bond acceptors (Lipinski definition) is 3. The van der Waals surface area contributed by atoms with Crippen molar-refractivity contribution in [2.24, 2.45) is 0 Å². The van der Waals surface area contributed by atoms with Gasteiger partial charge in [-0.1, -0.05) is 19.8 Å². The van der Waals surface area contributed by atoms with Crippen molar-refractivity contribution in [1.29, 1.82) is 0 Å². The zero-order valence-electron chi connectivity index (χ0n) is 12.4. The summed E-state index contributed by atoms with van der Waals surface area (Å²) in [7, 11) is 0. The first-order chi connectivity index (χ1) is 9.29. The maximum atomic E-state index is 4.73. The Morgan fingerprint density at radius 1 is 1.16 bits per heavy atom. The molecule has 1 saturated heterocycles. The van der Waals surface area contributed by atoms with Crippen LogP contribution in [0.15, 0.2) is 12.1 Å². The average Bonchev–Trinajstić information content (AvgIpc) is 2.67. The van der Waals surface area contributed by atoms with Gasteiger partial charge in [0.05, 0.1) is 0 Å². The fourth-order valence-electron chi connectivity index (χ4n) is 2.69. The van der Waals surface area contributed by atoms with E-state index in [-0.39, 0.29) is 0 Å². The topological polar surface area (TPSA) is 28.2 Å². The lowest BCUT2D eigenvalue weighted by molar-refractivity contribution is 0.673. The van der Waals surface area contributed by atoms with Crippen molar-refractivity contribution in [2.45, 2.75) is 52.5 Å². The Kier molecular flexibility index (Phi) is 5.64. The van der Waals surface area contributed by atoms with Gasteiger partial charge in [0.25, 0.3) is 0 Å². The highest BCUT2D eigenvalue weighted by Crippen LogP contribution is 2.19. The number of anilines is 1. The molecule has 1 N–H and O–H groups in total. The largest absolute Gasteiger partial charge is 0.357 e. The molecule has 0 amide bonds. The molecule has 0 atom stereocenters. The molecule has 0 bridgehead atoms. The number of nitrogens with zero attached hydrogens (tertiary/aromatic N) is 2. The Labute approximate surface area is 117 Å². The molecule has 0 saturated carbocycles. The van der Waals surface area contributed by atoms with E-state index in [0.29, 0.717) is 0 Å². The molecule has 0 aliphatic carbocycles. The lowest BCUT2D eigenvalue weighted by Gasteiger charge is -2.22. The van der Waals surface area contributed by atoms with Crippen LogP contribution in [0.4, 0.5) is 5.82 Å². The highest BCUT2D eigenvalue weighted by Gasteiger charge is 2.12. The van der Waals surface area contributed by atoms with Crippen molar-refractivity contribution in [1.82, 2.24) is 10.3 Å². The SMILES string of the molecule is CCCNCc1cc(C)nc(N2CCCCCC2)c1. The van der Waals surface area contributed by atoms with Crippen LogP contribution < -0.4 is 10.2 Å². The van der Waals surface area contributed by atoms with E-state index < -0.39 is 0 Å². The number of rotatable bonds is 5. The molecular formula is C16H27N3. The summed E-state index contributed by atoms with van der Waals surface area (Å²) in [5.74, 6) is 1.18. The van der Waals surface area contributed by atoms with E-state index in [2.05, 4.69) is 36.2 Å². The van der Waals surface area contributed by atoms with E-state index in [4.69, 9.17) is 4.98 Å². The van der Waals surface area contributed by atoms with E-state index in [1.165, 1.54) is 43.5 Å². The van der Waals surface area contributed by atoms with Crippen LogP contribution >= 0.6 is 0 Å². The van der Waals surface area contributed by atoms with Gasteiger partial charge in [-0.25, -0.2) is 4.98 Å². The summed E-state index contributed by atoms with van der Waals surface area (Å²) in [6.07, 6.45) is 6.53. The highest BCUT2D eigenvalue weighted by atomic mass is 15.2. The fourth-order valence-corrected chi connectivity index (χ4v) is 2.69. The monoisotopic (exact) mass is 261 g/mol. The summed E-state index contributed by atoms with van der Waals surface area (Å²) in [6, 6.07) is 4.46. The minimum atomic E-state index is 0.956. The van der Waals surface area contributed by atoms with Crippen LogP contribution in [0.25, 0.3) is 0 Å². The number of aryl methyl sites for hydroxylation is 1. The van der Waals surface area contributed by atoms with E-state index in [9.17, 15) is 0 Å². The van der Waals surface area contributed by atoms with Gasteiger partial charge in [0, 0.05) is 25.3 Å². The standard InChI is InChI=1S/C16H27N3/c1-3-8-17-13-15-11-14(2)18-16(12-15)19-9-6-4-5-7-10-19/h11-12,17H,3-10,13H2,1-2H3. The second kappa shape index (κ2) is 7.49. The third-order valence-corrected chi connectivity index (χ3v) is 3.69.